The lowest BCUT2D eigenvalue weighted by molar-refractivity contribution is 0.484. The van der Waals surface area contributed by atoms with E-state index in [-0.39, 0.29) is 0 Å². The summed E-state index contributed by atoms with van der Waals surface area (Å²) in [6, 6.07) is 42.4. The normalized spacial score (nSPS) is 11.8. The Bertz CT molecular complexity index is 2270. The van der Waals surface area contributed by atoms with Crippen LogP contribution in [0.5, 0.6) is 5.75 Å². The van der Waals surface area contributed by atoms with Crippen LogP contribution in [0.15, 0.2) is 128 Å². The van der Waals surface area contributed by atoms with E-state index < -0.39 is 0 Å². The molecule has 0 saturated carbocycles. The molecule has 3 heteroatoms. The SMILES string of the molecule is Cc1ccc2c(c1)c(-c1c(O)c3ccccc3c3c1c1cc(C)ccc1n3-c1ccccc1)cn2-c1ccccc1. The van der Waals surface area contributed by atoms with Crippen LogP contribution in [-0.4, -0.2) is 14.2 Å². The molecule has 8 aromatic rings. The van der Waals surface area contributed by atoms with Crippen LogP contribution in [-0.2, 0) is 0 Å². The smallest absolute Gasteiger partial charge is 0.132 e. The molecule has 0 fully saturated rings. The van der Waals surface area contributed by atoms with Crippen molar-refractivity contribution in [1.29, 1.82) is 0 Å². The average molecular weight is 529 g/mol. The van der Waals surface area contributed by atoms with Crippen LogP contribution in [0.1, 0.15) is 11.1 Å². The Kier molecular flexibility index (Phi) is 5.10. The van der Waals surface area contributed by atoms with Gasteiger partial charge < -0.3 is 14.2 Å². The zero-order valence-electron chi connectivity index (χ0n) is 23.0. The molecule has 1 N–H and O–H groups in total. The van der Waals surface area contributed by atoms with Crippen molar-refractivity contribution in [3.63, 3.8) is 0 Å². The number of hydrogen-bond donors (Lipinski definition) is 1. The summed E-state index contributed by atoms with van der Waals surface area (Å²) < 4.78 is 4.60. The van der Waals surface area contributed by atoms with Crippen molar-refractivity contribution >= 4 is 43.5 Å². The highest BCUT2D eigenvalue weighted by Gasteiger charge is 2.25. The Balaban J connectivity index is 1.63. The fraction of sp³-hybridized carbons (Fsp3) is 0.0526. The monoisotopic (exact) mass is 528 g/mol. The van der Waals surface area contributed by atoms with E-state index in [0.29, 0.717) is 5.75 Å². The first kappa shape index (κ1) is 23.6. The summed E-state index contributed by atoms with van der Waals surface area (Å²) in [4.78, 5) is 0. The molecule has 0 radical (unpaired) electrons. The molecule has 0 spiro atoms. The van der Waals surface area contributed by atoms with E-state index in [1.807, 2.05) is 18.2 Å². The molecule has 0 amide bonds. The van der Waals surface area contributed by atoms with E-state index in [0.717, 1.165) is 66.0 Å². The third-order valence-electron chi connectivity index (χ3n) is 8.32. The van der Waals surface area contributed by atoms with Gasteiger partial charge in [0.05, 0.1) is 16.6 Å². The predicted molar refractivity (Wildman–Crippen MR) is 172 cm³/mol. The summed E-state index contributed by atoms with van der Waals surface area (Å²) in [7, 11) is 0. The summed E-state index contributed by atoms with van der Waals surface area (Å²) in [6.45, 7) is 4.26. The number of aromatic hydroxyl groups is 1. The van der Waals surface area contributed by atoms with E-state index in [1.54, 1.807) is 0 Å². The number of benzene rings is 6. The van der Waals surface area contributed by atoms with Crippen LogP contribution in [0.3, 0.4) is 0 Å². The number of aromatic nitrogens is 2. The van der Waals surface area contributed by atoms with Gasteiger partial charge in [-0.2, -0.15) is 0 Å². The zero-order valence-corrected chi connectivity index (χ0v) is 23.0. The molecule has 0 aliphatic heterocycles. The molecule has 0 bridgehead atoms. The number of phenolic OH excluding ortho intramolecular Hbond substituents is 1. The van der Waals surface area contributed by atoms with E-state index in [1.165, 1.54) is 11.1 Å². The number of fused-ring (bicyclic) bond motifs is 6. The van der Waals surface area contributed by atoms with Crippen molar-refractivity contribution in [3.8, 4) is 28.3 Å². The van der Waals surface area contributed by atoms with Gasteiger partial charge in [0, 0.05) is 55.6 Å². The molecule has 3 nitrogen and oxygen atoms in total. The summed E-state index contributed by atoms with van der Waals surface area (Å²) in [5.41, 5.74) is 9.79. The average Bonchev–Trinajstić information content (AvgIpc) is 3.54. The predicted octanol–water partition coefficient (Wildman–Crippen LogP) is 9.87. The molecule has 2 aromatic heterocycles. The fourth-order valence-electron chi connectivity index (χ4n) is 6.52. The first-order valence-electron chi connectivity index (χ1n) is 14.0. The molecule has 0 aliphatic rings. The van der Waals surface area contributed by atoms with Gasteiger partial charge in [0.15, 0.2) is 0 Å². The zero-order chi connectivity index (χ0) is 27.7. The van der Waals surface area contributed by atoms with Crippen LogP contribution in [0.25, 0.3) is 66.0 Å². The summed E-state index contributed by atoms with van der Waals surface area (Å²) >= 11 is 0. The quantitative estimate of drug-likeness (QED) is 0.243. The number of nitrogens with zero attached hydrogens (tertiary/aromatic N) is 2. The minimum atomic E-state index is 0.315. The number of para-hydroxylation sites is 2. The van der Waals surface area contributed by atoms with Crippen LogP contribution < -0.4 is 0 Å². The fourth-order valence-corrected chi connectivity index (χ4v) is 6.52. The minimum Gasteiger partial charge on any atom is -0.507 e. The lowest BCUT2D eigenvalue weighted by Crippen LogP contribution is -1.95. The lowest BCUT2D eigenvalue weighted by atomic mass is 9.93. The van der Waals surface area contributed by atoms with Crippen molar-refractivity contribution in [1.82, 2.24) is 9.13 Å². The van der Waals surface area contributed by atoms with Crippen molar-refractivity contribution < 1.29 is 5.11 Å². The standard InChI is InChI=1S/C38H28N2O/c1-24-17-19-33-30(21-24)32(23-39(33)26-11-5-3-6-12-26)36-35-31-22-25(2)18-20-34(31)40(27-13-7-4-8-14-27)37(35)28-15-9-10-16-29(28)38(36)41/h3-23,41H,1-2H3. The van der Waals surface area contributed by atoms with Crippen molar-refractivity contribution in [2.45, 2.75) is 13.8 Å². The second kappa shape index (κ2) is 8.87. The molecular weight excluding hydrogens is 500 g/mol. The van der Waals surface area contributed by atoms with Gasteiger partial charge in [-0.1, -0.05) is 83.9 Å². The van der Waals surface area contributed by atoms with Crippen LogP contribution >= 0.6 is 0 Å². The Labute approximate surface area is 238 Å². The van der Waals surface area contributed by atoms with Crippen molar-refractivity contribution in [3.05, 3.63) is 139 Å². The van der Waals surface area contributed by atoms with Gasteiger partial charge in [-0.3, -0.25) is 0 Å². The summed E-state index contributed by atoms with van der Waals surface area (Å²) in [5, 5.41) is 17.4. The van der Waals surface area contributed by atoms with Gasteiger partial charge >= 0.3 is 0 Å². The molecule has 0 saturated heterocycles. The maximum Gasteiger partial charge on any atom is 0.132 e. The third kappa shape index (κ3) is 3.46. The summed E-state index contributed by atoms with van der Waals surface area (Å²) in [5.74, 6) is 0.315. The van der Waals surface area contributed by atoms with Crippen molar-refractivity contribution in [2.24, 2.45) is 0 Å². The van der Waals surface area contributed by atoms with Gasteiger partial charge in [-0.05, 0) is 62.4 Å². The second-order valence-corrected chi connectivity index (χ2v) is 11.0. The largest absolute Gasteiger partial charge is 0.507 e. The number of phenols is 1. The number of rotatable bonds is 3. The van der Waals surface area contributed by atoms with E-state index in [9.17, 15) is 5.11 Å². The maximum atomic E-state index is 12.2. The molecule has 6 aromatic carbocycles. The molecule has 0 aliphatic carbocycles. The van der Waals surface area contributed by atoms with Gasteiger partial charge in [0.25, 0.3) is 0 Å². The maximum absolute atomic E-state index is 12.2. The summed E-state index contributed by atoms with van der Waals surface area (Å²) in [6.07, 6.45) is 2.20. The Morgan fingerprint density at radius 3 is 1.83 bits per heavy atom. The molecule has 41 heavy (non-hydrogen) atoms. The van der Waals surface area contributed by atoms with Gasteiger partial charge in [-0.25, -0.2) is 0 Å². The minimum absolute atomic E-state index is 0.315. The van der Waals surface area contributed by atoms with E-state index in [4.69, 9.17) is 0 Å². The highest BCUT2D eigenvalue weighted by Crippen LogP contribution is 2.50. The highest BCUT2D eigenvalue weighted by molar-refractivity contribution is 6.27. The van der Waals surface area contributed by atoms with Gasteiger partial charge in [0.1, 0.15) is 5.75 Å². The molecule has 0 atom stereocenters. The van der Waals surface area contributed by atoms with E-state index >= 15 is 0 Å². The first-order valence-corrected chi connectivity index (χ1v) is 14.0. The van der Waals surface area contributed by atoms with Crippen molar-refractivity contribution in [2.75, 3.05) is 0 Å². The van der Waals surface area contributed by atoms with Crippen LogP contribution in [0.4, 0.5) is 0 Å². The van der Waals surface area contributed by atoms with Crippen LogP contribution in [0, 0.1) is 13.8 Å². The highest BCUT2D eigenvalue weighted by atomic mass is 16.3. The molecule has 8 rings (SSSR count). The Morgan fingerprint density at radius 2 is 1.12 bits per heavy atom. The third-order valence-corrected chi connectivity index (χ3v) is 8.32. The first-order chi connectivity index (χ1) is 20.1. The van der Waals surface area contributed by atoms with Gasteiger partial charge in [-0.15, -0.1) is 0 Å². The van der Waals surface area contributed by atoms with Crippen LogP contribution in [0.2, 0.25) is 0 Å². The van der Waals surface area contributed by atoms with Gasteiger partial charge in [0.2, 0.25) is 0 Å². The lowest BCUT2D eigenvalue weighted by Gasteiger charge is -2.14. The Hall–Kier alpha value is -5.28. The van der Waals surface area contributed by atoms with E-state index in [2.05, 4.69) is 132 Å². The molecule has 2 heterocycles. The number of aryl methyl sites for hydroxylation is 2. The topological polar surface area (TPSA) is 30.1 Å². The molecule has 0 unspecified atom stereocenters. The molecular formula is C38H28N2O. The molecule has 196 valence electrons. The second-order valence-electron chi connectivity index (χ2n) is 11.0. The number of hydrogen-bond acceptors (Lipinski definition) is 1. The Morgan fingerprint density at radius 1 is 0.537 bits per heavy atom.